The lowest BCUT2D eigenvalue weighted by atomic mass is 9.85. The summed E-state index contributed by atoms with van der Waals surface area (Å²) < 4.78 is 24.6. The molecule has 1 saturated carbocycles. The number of fused-ring (bicyclic) bond motifs is 1. The molecule has 8 heteroatoms. The van der Waals surface area contributed by atoms with E-state index in [0.717, 1.165) is 43.5 Å². The average Bonchev–Trinajstić information content (AvgIpc) is 3.05. The third kappa shape index (κ3) is 7.32. The molecule has 1 fully saturated rings. The third-order valence-electron chi connectivity index (χ3n) is 7.28. The van der Waals surface area contributed by atoms with Gasteiger partial charge in [-0.05, 0) is 43.0 Å². The van der Waals surface area contributed by atoms with Crippen molar-refractivity contribution < 1.29 is 23.5 Å². The van der Waals surface area contributed by atoms with E-state index in [1.54, 1.807) is 31.2 Å². The van der Waals surface area contributed by atoms with Crippen molar-refractivity contribution in [1.29, 1.82) is 0 Å². The highest BCUT2D eigenvalue weighted by molar-refractivity contribution is 5.83. The van der Waals surface area contributed by atoms with Gasteiger partial charge in [0.1, 0.15) is 5.82 Å². The van der Waals surface area contributed by atoms with E-state index in [9.17, 15) is 14.0 Å². The summed E-state index contributed by atoms with van der Waals surface area (Å²) in [6.45, 7) is 8.28. The van der Waals surface area contributed by atoms with Crippen LogP contribution < -0.4 is 10.2 Å². The fourth-order valence-corrected chi connectivity index (χ4v) is 5.39. The minimum absolute atomic E-state index is 0.179. The van der Waals surface area contributed by atoms with Gasteiger partial charge in [-0.2, -0.15) is 0 Å². The lowest BCUT2D eigenvalue weighted by molar-refractivity contribution is -0.140. The van der Waals surface area contributed by atoms with Crippen molar-refractivity contribution in [2.45, 2.75) is 76.9 Å². The number of likely N-dealkylation sites (N-methyl/N-ethyl adjacent to an activating group) is 1. The maximum atomic E-state index is 13.8. The summed E-state index contributed by atoms with van der Waals surface area (Å²) in [5.41, 5.74) is 1.79. The number of halogens is 1. The van der Waals surface area contributed by atoms with Crippen molar-refractivity contribution in [3.05, 3.63) is 29.6 Å². The summed E-state index contributed by atoms with van der Waals surface area (Å²) in [6, 6.07) is 4.66. The monoisotopic (exact) mass is 491 g/mol. The summed E-state index contributed by atoms with van der Waals surface area (Å²) in [7, 11) is 3.31. The Balaban J connectivity index is 1.60. The maximum Gasteiger partial charge on any atom is 0.408 e. The van der Waals surface area contributed by atoms with E-state index in [1.807, 2.05) is 6.92 Å². The number of nitrogens with zero attached hydrogens (tertiary/aromatic N) is 2. The summed E-state index contributed by atoms with van der Waals surface area (Å²) in [5, 5.41) is 2.91. The van der Waals surface area contributed by atoms with E-state index in [1.165, 1.54) is 12.5 Å². The minimum Gasteiger partial charge on any atom is -0.436 e. The molecule has 7 nitrogen and oxygen atoms in total. The van der Waals surface area contributed by atoms with Gasteiger partial charge in [-0.25, -0.2) is 9.18 Å². The summed E-state index contributed by atoms with van der Waals surface area (Å²) >= 11 is 0. The fraction of sp³-hybridized carbons (Fsp3) is 0.704. The fourth-order valence-electron chi connectivity index (χ4n) is 5.39. The predicted octanol–water partition coefficient (Wildman–Crippen LogP) is 4.48. The van der Waals surface area contributed by atoms with E-state index in [-0.39, 0.29) is 23.2 Å². The first kappa shape index (κ1) is 27.2. The van der Waals surface area contributed by atoms with Crippen molar-refractivity contribution in [1.82, 2.24) is 10.2 Å². The molecule has 0 saturated heterocycles. The molecule has 0 radical (unpaired) electrons. The van der Waals surface area contributed by atoms with Crippen LogP contribution in [0.3, 0.4) is 0 Å². The molecule has 1 aliphatic heterocycles. The van der Waals surface area contributed by atoms with Crippen LogP contribution in [0.15, 0.2) is 18.2 Å². The zero-order valence-electron chi connectivity index (χ0n) is 21.9. The second kappa shape index (κ2) is 12.1. The standard InChI is InChI=1S/C27H42FN3O4/c1-19(17-31-18-27(2,3)22-16-21(28)11-12-23(22)31)29-26(33)35-24(15-20-9-7-6-8-10-20)25(32)30(4)13-14-34-5/h11-12,16,19-20,24H,6-10,13-15,17-18H2,1-5H3,(H,29,33). The van der Waals surface area contributed by atoms with Crippen LogP contribution in [0.4, 0.5) is 14.9 Å². The van der Waals surface area contributed by atoms with Gasteiger partial charge in [0.2, 0.25) is 0 Å². The first-order chi connectivity index (χ1) is 16.6. The first-order valence-corrected chi connectivity index (χ1v) is 12.9. The Morgan fingerprint density at radius 1 is 1.26 bits per heavy atom. The number of benzene rings is 1. The van der Waals surface area contributed by atoms with Crippen molar-refractivity contribution in [2.24, 2.45) is 5.92 Å². The molecule has 2 amide bonds. The second-order valence-corrected chi connectivity index (χ2v) is 10.9. The van der Waals surface area contributed by atoms with Gasteiger partial charge in [-0.15, -0.1) is 0 Å². The van der Waals surface area contributed by atoms with E-state index >= 15 is 0 Å². The SMILES string of the molecule is COCCN(C)C(=O)C(CC1CCCCC1)OC(=O)NC(C)CN1CC(C)(C)c2cc(F)ccc21. The van der Waals surface area contributed by atoms with Crippen LogP contribution in [0.2, 0.25) is 0 Å². The number of methoxy groups -OCH3 is 1. The molecular formula is C27H42FN3O4. The average molecular weight is 492 g/mol. The van der Waals surface area contributed by atoms with Gasteiger partial charge in [-0.1, -0.05) is 46.0 Å². The van der Waals surface area contributed by atoms with E-state index in [4.69, 9.17) is 9.47 Å². The highest BCUT2D eigenvalue weighted by Crippen LogP contribution is 2.40. The van der Waals surface area contributed by atoms with E-state index < -0.39 is 12.2 Å². The van der Waals surface area contributed by atoms with Crippen LogP contribution in [0.1, 0.15) is 64.9 Å². The number of rotatable bonds is 10. The number of ether oxygens (including phenoxy) is 2. The molecule has 1 N–H and O–H groups in total. The van der Waals surface area contributed by atoms with Crippen molar-refractivity contribution in [2.75, 3.05) is 45.3 Å². The van der Waals surface area contributed by atoms with Gasteiger partial charge < -0.3 is 24.6 Å². The molecule has 35 heavy (non-hydrogen) atoms. The van der Waals surface area contributed by atoms with Gasteiger partial charge in [0.25, 0.3) is 5.91 Å². The maximum absolute atomic E-state index is 13.8. The van der Waals surface area contributed by atoms with Crippen molar-refractivity contribution in [3.63, 3.8) is 0 Å². The Labute approximate surface area is 209 Å². The van der Waals surface area contributed by atoms with Crippen LogP contribution in [0.5, 0.6) is 0 Å². The Kier molecular flexibility index (Phi) is 9.39. The van der Waals surface area contributed by atoms with Gasteiger partial charge in [0.05, 0.1) is 6.61 Å². The number of carbonyl (C=O) groups is 2. The number of hydrogen-bond acceptors (Lipinski definition) is 5. The van der Waals surface area contributed by atoms with Crippen molar-refractivity contribution >= 4 is 17.7 Å². The molecule has 1 aliphatic carbocycles. The molecule has 2 aliphatic rings. The highest BCUT2D eigenvalue weighted by Gasteiger charge is 2.36. The molecule has 1 heterocycles. The van der Waals surface area contributed by atoms with Crippen LogP contribution >= 0.6 is 0 Å². The smallest absolute Gasteiger partial charge is 0.408 e. The molecule has 1 aromatic carbocycles. The van der Waals surface area contributed by atoms with Crippen LogP contribution in [-0.2, 0) is 19.7 Å². The van der Waals surface area contributed by atoms with Crippen LogP contribution in [0.25, 0.3) is 0 Å². The Morgan fingerprint density at radius 2 is 1.97 bits per heavy atom. The molecule has 0 spiro atoms. The molecule has 196 valence electrons. The zero-order valence-corrected chi connectivity index (χ0v) is 21.9. The predicted molar refractivity (Wildman–Crippen MR) is 135 cm³/mol. The lowest BCUT2D eigenvalue weighted by Crippen LogP contribution is -2.47. The van der Waals surface area contributed by atoms with Gasteiger partial charge in [0.15, 0.2) is 6.10 Å². The molecule has 2 unspecified atom stereocenters. The molecule has 1 aromatic rings. The zero-order chi connectivity index (χ0) is 25.6. The molecular weight excluding hydrogens is 449 g/mol. The minimum atomic E-state index is -0.804. The normalized spacial score (nSPS) is 19.1. The second-order valence-electron chi connectivity index (χ2n) is 10.9. The largest absolute Gasteiger partial charge is 0.436 e. The Morgan fingerprint density at radius 3 is 2.66 bits per heavy atom. The number of carbonyl (C=O) groups excluding carboxylic acids is 2. The first-order valence-electron chi connectivity index (χ1n) is 12.9. The summed E-state index contributed by atoms with van der Waals surface area (Å²) in [5.74, 6) is -0.0345. The molecule has 2 atom stereocenters. The third-order valence-corrected chi connectivity index (χ3v) is 7.28. The number of alkyl carbamates (subject to hydrolysis) is 1. The summed E-state index contributed by atoms with van der Waals surface area (Å²) in [4.78, 5) is 29.7. The molecule has 0 aromatic heterocycles. The summed E-state index contributed by atoms with van der Waals surface area (Å²) in [6.07, 6.45) is 4.85. The topological polar surface area (TPSA) is 71.1 Å². The molecule has 0 bridgehead atoms. The van der Waals surface area contributed by atoms with Gasteiger partial charge in [-0.3, -0.25) is 4.79 Å². The van der Waals surface area contributed by atoms with Crippen LogP contribution in [0, 0.1) is 11.7 Å². The number of amides is 2. The highest BCUT2D eigenvalue weighted by atomic mass is 19.1. The van der Waals surface area contributed by atoms with Gasteiger partial charge >= 0.3 is 6.09 Å². The quantitative estimate of drug-likeness (QED) is 0.523. The number of anilines is 1. The number of nitrogens with one attached hydrogen (secondary N) is 1. The van der Waals surface area contributed by atoms with Gasteiger partial charge in [0, 0.05) is 50.9 Å². The van der Waals surface area contributed by atoms with Crippen LogP contribution in [-0.4, -0.2) is 69.4 Å². The Bertz CT molecular complexity index is 872. The van der Waals surface area contributed by atoms with E-state index in [2.05, 4.69) is 24.1 Å². The molecule has 3 rings (SSSR count). The Hall–Kier alpha value is -2.35. The van der Waals surface area contributed by atoms with Crippen molar-refractivity contribution in [3.8, 4) is 0 Å². The number of hydrogen-bond donors (Lipinski definition) is 1. The lowest BCUT2D eigenvalue weighted by Gasteiger charge is -2.29. The van der Waals surface area contributed by atoms with E-state index in [0.29, 0.717) is 32.0 Å².